The van der Waals surface area contributed by atoms with Gasteiger partial charge >= 0.3 is 0 Å². The second-order valence-electron chi connectivity index (χ2n) is 17.3. The summed E-state index contributed by atoms with van der Waals surface area (Å²) in [5.41, 5.74) is 11.5. The Morgan fingerprint density at radius 2 is 0.557 bits per heavy atom. The normalized spacial score (nSPS) is 13.9. The van der Waals surface area contributed by atoms with Crippen molar-refractivity contribution in [2.24, 2.45) is 0 Å². The molecule has 0 saturated carbocycles. The molecule has 0 atom stereocenters. The molecule has 0 radical (unpaired) electrons. The van der Waals surface area contributed by atoms with Gasteiger partial charge in [0.05, 0.1) is 0 Å². The molecule has 9 rings (SSSR count). The lowest BCUT2D eigenvalue weighted by atomic mass is 9.91. The van der Waals surface area contributed by atoms with Gasteiger partial charge in [-0.25, -0.2) is 0 Å². The smallest absolute Gasteiger partial charge is 0.126 e. The fourth-order valence-electron chi connectivity index (χ4n) is 8.76. The van der Waals surface area contributed by atoms with Crippen LogP contribution in [0.15, 0.2) is 132 Å². The van der Waals surface area contributed by atoms with Gasteiger partial charge in [-0.3, -0.25) is 0 Å². The number of aromatic hydroxyl groups is 4. The Morgan fingerprint density at radius 3 is 0.803 bits per heavy atom. The van der Waals surface area contributed by atoms with Gasteiger partial charge in [0.2, 0.25) is 0 Å². The molecule has 6 nitrogen and oxygen atoms in total. The van der Waals surface area contributed by atoms with Crippen LogP contribution in [0.5, 0.6) is 34.5 Å². The number of phenols is 4. The van der Waals surface area contributed by atoms with Crippen molar-refractivity contribution in [3.8, 4) is 34.5 Å². The fraction of sp³-hybridized carbons (Fsp3) is 0.222. The largest absolute Gasteiger partial charge is 0.507 e. The summed E-state index contributed by atoms with van der Waals surface area (Å²) in [5, 5.41) is 47.6. The van der Waals surface area contributed by atoms with E-state index in [1.165, 1.54) is 0 Å². The molecule has 2 aliphatic heterocycles. The molecule has 0 saturated heterocycles. The third kappa shape index (κ3) is 8.40. The highest BCUT2D eigenvalue weighted by Gasteiger charge is 2.24. The molecule has 0 aliphatic carbocycles. The van der Waals surface area contributed by atoms with E-state index in [9.17, 15) is 20.4 Å². The zero-order valence-electron chi connectivity index (χ0n) is 34.8. The Labute approximate surface area is 362 Å². The minimum atomic E-state index is -0.130. The lowest BCUT2D eigenvalue weighted by Crippen LogP contribution is -2.12. The van der Waals surface area contributed by atoms with E-state index in [0.717, 1.165) is 60.5 Å². The molecular formula is C54H50O6S. The summed E-state index contributed by atoms with van der Waals surface area (Å²) in [7, 11) is 0. The first kappa shape index (κ1) is 40.1. The summed E-state index contributed by atoms with van der Waals surface area (Å²) in [5.74, 6) is 2.13. The maximum atomic E-state index is 11.9. The van der Waals surface area contributed by atoms with E-state index < -0.39 is 0 Å². The maximum Gasteiger partial charge on any atom is 0.126 e. The molecule has 12 bridgehead atoms. The van der Waals surface area contributed by atoms with Crippen molar-refractivity contribution in [2.45, 2.75) is 82.2 Å². The number of para-hydroxylation sites is 6. The van der Waals surface area contributed by atoms with Crippen LogP contribution in [0.1, 0.15) is 98.7 Å². The first-order valence-corrected chi connectivity index (χ1v) is 21.8. The van der Waals surface area contributed by atoms with Gasteiger partial charge in [0, 0.05) is 59.3 Å². The monoisotopic (exact) mass is 826 g/mol. The van der Waals surface area contributed by atoms with Crippen LogP contribution in [0.2, 0.25) is 0 Å². The van der Waals surface area contributed by atoms with Crippen LogP contribution in [-0.4, -0.2) is 25.2 Å². The molecule has 2 aliphatic rings. The SMILES string of the molecule is CC(C)(C)Sc1c2cccc1COc1c3cccc1Cc1cccc(c1O)Cc1cccc(c1O)Cc1cccc(c1OC2)Cc1cccc(c1O)Cc1cccc(c1O)C3. The maximum absolute atomic E-state index is 11.9. The Hall–Kier alpha value is -6.31. The summed E-state index contributed by atoms with van der Waals surface area (Å²) in [6.45, 7) is 7.20. The Kier molecular flexibility index (Phi) is 10.9. The molecular weight excluding hydrogens is 777 g/mol. The minimum Gasteiger partial charge on any atom is -0.507 e. The van der Waals surface area contributed by atoms with E-state index >= 15 is 0 Å². The number of rotatable bonds is 1. The van der Waals surface area contributed by atoms with Crippen LogP contribution in [-0.2, 0) is 51.7 Å². The van der Waals surface area contributed by atoms with Crippen molar-refractivity contribution >= 4 is 11.8 Å². The fourth-order valence-corrected chi connectivity index (χ4v) is 9.88. The van der Waals surface area contributed by atoms with Gasteiger partial charge in [-0.1, -0.05) is 148 Å². The van der Waals surface area contributed by atoms with E-state index in [-0.39, 0.29) is 41.0 Å². The molecule has 61 heavy (non-hydrogen) atoms. The van der Waals surface area contributed by atoms with E-state index in [1.54, 1.807) is 11.8 Å². The third-order valence-corrected chi connectivity index (χ3v) is 13.1. The number of hydrogen-bond acceptors (Lipinski definition) is 7. The summed E-state index contributed by atoms with van der Waals surface area (Å²) in [6, 6.07) is 41.7. The second kappa shape index (κ2) is 16.6. The molecule has 0 amide bonds. The Bertz CT molecular complexity index is 2460. The molecule has 7 aromatic carbocycles. The lowest BCUT2D eigenvalue weighted by molar-refractivity contribution is 0.288. The van der Waals surface area contributed by atoms with Crippen molar-refractivity contribution in [2.75, 3.05) is 0 Å². The van der Waals surface area contributed by atoms with Crippen molar-refractivity contribution in [3.63, 3.8) is 0 Å². The number of thioether (sulfide) groups is 1. The predicted octanol–water partition coefficient (Wildman–Crippen LogP) is 11.7. The standard InChI is InChI=1S/C54H50O6S/c1-54(2,3)61-53-45-23-10-24-46(53)32-60-52-43-21-9-22-44(52)30-40-18-7-14-36(50(40)58)26-35-13-6-17-39(49(35)57)29-42-20-8-19-41(51(42)59-31-45)27-37-15-4-11-33(47(37)55)25-34-12-5-16-38(28-43)48(34)56/h4-24,55-58H,25-32H2,1-3H3. The van der Waals surface area contributed by atoms with Gasteiger partial charge in [0.15, 0.2) is 0 Å². The number of fused-ring (bicyclic) bond motifs is 10. The number of phenolic OH excluding ortho intramolecular Hbond substituents is 4. The van der Waals surface area contributed by atoms with Crippen LogP contribution in [0.25, 0.3) is 0 Å². The van der Waals surface area contributed by atoms with E-state index in [1.807, 2.05) is 109 Å². The van der Waals surface area contributed by atoms with Crippen molar-refractivity contribution < 1.29 is 29.9 Å². The summed E-state index contributed by atoms with van der Waals surface area (Å²) in [6.07, 6.45) is 2.25. The first-order valence-electron chi connectivity index (χ1n) is 20.9. The second-order valence-corrected chi connectivity index (χ2v) is 19.1. The molecule has 0 spiro atoms. The van der Waals surface area contributed by atoms with Crippen molar-refractivity contribution in [1.29, 1.82) is 0 Å². The summed E-state index contributed by atoms with van der Waals surface area (Å²) >= 11 is 1.78. The molecule has 308 valence electrons. The van der Waals surface area contributed by atoms with Gasteiger partial charge in [0.25, 0.3) is 0 Å². The summed E-state index contributed by atoms with van der Waals surface area (Å²) < 4.78 is 13.9. The summed E-state index contributed by atoms with van der Waals surface area (Å²) in [4.78, 5) is 1.09. The van der Waals surface area contributed by atoms with Gasteiger partial charge in [-0.15, -0.1) is 11.8 Å². The number of hydrogen-bond donors (Lipinski definition) is 4. The van der Waals surface area contributed by atoms with Gasteiger partial charge in [-0.05, 0) is 66.8 Å². The van der Waals surface area contributed by atoms with Crippen LogP contribution in [0, 0.1) is 0 Å². The van der Waals surface area contributed by atoms with E-state index in [2.05, 4.69) is 39.0 Å². The zero-order valence-corrected chi connectivity index (χ0v) is 35.6. The van der Waals surface area contributed by atoms with Crippen molar-refractivity contribution in [1.82, 2.24) is 0 Å². The first-order chi connectivity index (χ1) is 29.5. The van der Waals surface area contributed by atoms with Gasteiger partial charge in [-0.2, -0.15) is 0 Å². The third-order valence-electron chi connectivity index (χ3n) is 11.8. The van der Waals surface area contributed by atoms with Crippen LogP contribution in [0.4, 0.5) is 0 Å². The number of benzene rings is 7. The Morgan fingerprint density at radius 1 is 0.344 bits per heavy atom. The molecule has 0 unspecified atom stereocenters. The van der Waals surface area contributed by atoms with Crippen molar-refractivity contribution in [3.05, 3.63) is 205 Å². The minimum absolute atomic E-state index is 0.130. The molecule has 0 fully saturated rings. The topological polar surface area (TPSA) is 99.4 Å². The van der Waals surface area contributed by atoms with E-state index in [4.69, 9.17) is 9.47 Å². The quantitative estimate of drug-likeness (QED) is 0.122. The lowest BCUT2D eigenvalue weighted by Gasteiger charge is -2.25. The van der Waals surface area contributed by atoms with E-state index in [0.29, 0.717) is 72.3 Å². The highest BCUT2D eigenvalue weighted by atomic mass is 32.2. The highest BCUT2D eigenvalue weighted by molar-refractivity contribution is 8.00. The molecule has 4 N–H and O–H groups in total. The highest BCUT2D eigenvalue weighted by Crippen LogP contribution is 2.42. The predicted molar refractivity (Wildman–Crippen MR) is 243 cm³/mol. The molecule has 2 heterocycles. The van der Waals surface area contributed by atoms with Gasteiger partial charge < -0.3 is 29.9 Å². The average Bonchev–Trinajstić information content (AvgIpc) is 3.22. The molecule has 7 aromatic rings. The van der Waals surface area contributed by atoms with Crippen LogP contribution < -0.4 is 9.47 Å². The van der Waals surface area contributed by atoms with Crippen LogP contribution in [0.3, 0.4) is 0 Å². The van der Waals surface area contributed by atoms with Gasteiger partial charge in [0.1, 0.15) is 47.7 Å². The zero-order chi connectivity index (χ0) is 42.3. The number of ether oxygens (including phenoxy) is 2. The Balaban J connectivity index is 1.31. The van der Waals surface area contributed by atoms with Crippen LogP contribution >= 0.6 is 11.8 Å². The average molecular weight is 827 g/mol. The molecule has 7 heteroatoms. The molecule has 0 aromatic heterocycles.